The van der Waals surface area contributed by atoms with E-state index in [4.69, 9.17) is 5.11 Å². The number of thioether (sulfide) groups is 1. The van der Waals surface area contributed by atoms with Crippen LogP contribution in [0.1, 0.15) is 24.3 Å². The molecule has 0 spiro atoms. The number of carboxylic acid groups (broad SMARTS) is 1. The van der Waals surface area contributed by atoms with Crippen LogP contribution in [0.3, 0.4) is 0 Å². The van der Waals surface area contributed by atoms with Crippen molar-refractivity contribution in [2.45, 2.75) is 24.8 Å². The van der Waals surface area contributed by atoms with E-state index in [0.29, 0.717) is 18.7 Å². The zero-order valence-corrected chi connectivity index (χ0v) is 13.3. The standard InChI is InChI=1S/C17H21NO3S/c1-2-13(14-6-4-3-5-7-14)10-16(19)18-8-9-22-12-15(18)11-17(20)21/h2-7,13,15H,1,8-12H2,(H,20,21). The van der Waals surface area contributed by atoms with Crippen molar-refractivity contribution in [2.75, 3.05) is 18.1 Å². The SMILES string of the molecule is C=CC(CC(=O)N1CCSCC1CC(=O)O)c1ccccc1. The summed E-state index contributed by atoms with van der Waals surface area (Å²) in [5.41, 5.74) is 1.06. The molecule has 2 unspecified atom stereocenters. The number of amides is 1. The molecule has 2 atom stereocenters. The van der Waals surface area contributed by atoms with Crippen LogP contribution in [0.25, 0.3) is 0 Å². The molecule has 2 rings (SSSR count). The van der Waals surface area contributed by atoms with Gasteiger partial charge in [0.25, 0.3) is 0 Å². The summed E-state index contributed by atoms with van der Waals surface area (Å²) in [5.74, 6) is 0.691. The molecule has 1 heterocycles. The summed E-state index contributed by atoms with van der Waals surface area (Å²) in [6.07, 6.45) is 2.15. The van der Waals surface area contributed by atoms with Crippen LogP contribution in [0, 0.1) is 0 Å². The molecule has 0 bridgehead atoms. The second-order valence-electron chi connectivity index (χ2n) is 5.37. The molecule has 0 radical (unpaired) electrons. The summed E-state index contributed by atoms with van der Waals surface area (Å²) in [7, 11) is 0. The summed E-state index contributed by atoms with van der Waals surface area (Å²) in [4.78, 5) is 25.3. The maximum absolute atomic E-state index is 12.6. The van der Waals surface area contributed by atoms with Gasteiger partial charge in [0.15, 0.2) is 0 Å². The minimum Gasteiger partial charge on any atom is -0.481 e. The molecule has 1 aromatic rings. The van der Waals surface area contributed by atoms with Crippen LogP contribution in [0.5, 0.6) is 0 Å². The zero-order valence-electron chi connectivity index (χ0n) is 12.5. The maximum Gasteiger partial charge on any atom is 0.305 e. The third kappa shape index (κ3) is 4.37. The van der Waals surface area contributed by atoms with Gasteiger partial charge in [0.1, 0.15) is 0 Å². The van der Waals surface area contributed by atoms with E-state index in [2.05, 4.69) is 6.58 Å². The van der Waals surface area contributed by atoms with Gasteiger partial charge in [0.2, 0.25) is 5.91 Å². The number of rotatable bonds is 6. The molecule has 0 aliphatic carbocycles. The number of allylic oxidation sites excluding steroid dienone is 1. The first kappa shape index (κ1) is 16.6. The van der Waals surface area contributed by atoms with Gasteiger partial charge in [-0.1, -0.05) is 36.4 Å². The lowest BCUT2D eigenvalue weighted by atomic mass is 9.95. The molecule has 0 saturated carbocycles. The highest BCUT2D eigenvalue weighted by atomic mass is 32.2. The zero-order chi connectivity index (χ0) is 15.9. The first-order valence-electron chi connectivity index (χ1n) is 7.38. The smallest absolute Gasteiger partial charge is 0.305 e. The number of carbonyl (C=O) groups excluding carboxylic acids is 1. The van der Waals surface area contributed by atoms with Crippen molar-refractivity contribution in [3.8, 4) is 0 Å². The highest BCUT2D eigenvalue weighted by Crippen LogP contribution is 2.25. The Balaban J connectivity index is 2.05. The van der Waals surface area contributed by atoms with Gasteiger partial charge in [-0.05, 0) is 5.56 Å². The predicted molar refractivity (Wildman–Crippen MR) is 89.1 cm³/mol. The Kier molecular flexibility index (Phi) is 6.07. The molecule has 118 valence electrons. The van der Waals surface area contributed by atoms with Crippen molar-refractivity contribution in [1.29, 1.82) is 0 Å². The topological polar surface area (TPSA) is 57.6 Å². The molecule has 1 aromatic carbocycles. The molecule has 5 heteroatoms. The Hall–Kier alpha value is -1.75. The average Bonchev–Trinajstić information content (AvgIpc) is 2.53. The summed E-state index contributed by atoms with van der Waals surface area (Å²) >= 11 is 1.71. The van der Waals surface area contributed by atoms with Crippen LogP contribution in [-0.4, -0.2) is 46.0 Å². The highest BCUT2D eigenvalue weighted by Gasteiger charge is 2.29. The summed E-state index contributed by atoms with van der Waals surface area (Å²) in [5, 5.41) is 9.01. The molecule has 1 saturated heterocycles. The third-order valence-electron chi connectivity index (χ3n) is 3.86. The van der Waals surface area contributed by atoms with Gasteiger partial charge in [0, 0.05) is 30.4 Å². The molecular weight excluding hydrogens is 298 g/mol. The molecular formula is C17H21NO3S. The lowest BCUT2D eigenvalue weighted by molar-refractivity contribution is -0.140. The van der Waals surface area contributed by atoms with Crippen LogP contribution in [0.2, 0.25) is 0 Å². The van der Waals surface area contributed by atoms with Crippen LogP contribution < -0.4 is 0 Å². The van der Waals surface area contributed by atoms with Crippen molar-refractivity contribution in [2.24, 2.45) is 0 Å². The molecule has 1 aliphatic rings. The Labute approximate surface area is 135 Å². The van der Waals surface area contributed by atoms with E-state index in [-0.39, 0.29) is 24.3 Å². The van der Waals surface area contributed by atoms with Gasteiger partial charge in [-0.3, -0.25) is 9.59 Å². The van der Waals surface area contributed by atoms with Crippen molar-refractivity contribution < 1.29 is 14.7 Å². The lowest BCUT2D eigenvalue weighted by Gasteiger charge is -2.35. The van der Waals surface area contributed by atoms with Crippen molar-refractivity contribution in [1.82, 2.24) is 4.90 Å². The fourth-order valence-corrected chi connectivity index (χ4v) is 3.76. The fourth-order valence-electron chi connectivity index (χ4n) is 2.70. The van der Waals surface area contributed by atoms with E-state index in [9.17, 15) is 9.59 Å². The number of hydrogen-bond acceptors (Lipinski definition) is 3. The Bertz CT molecular complexity index is 532. The van der Waals surface area contributed by atoms with Gasteiger partial charge >= 0.3 is 5.97 Å². The monoisotopic (exact) mass is 319 g/mol. The van der Waals surface area contributed by atoms with E-state index in [1.54, 1.807) is 22.7 Å². The van der Waals surface area contributed by atoms with Gasteiger partial charge in [-0.25, -0.2) is 0 Å². The second kappa shape index (κ2) is 8.03. The largest absolute Gasteiger partial charge is 0.481 e. The number of nitrogens with zero attached hydrogens (tertiary/aromatic N) is 1. The van der Waals surface area contributed by atoms with Crippen LogP contribution in [-0.2, 0) is 9.59 Å². The molecule has 0 aromatic heterocycles. The second-order valence-corrected chi connectivity index (χ2v) is 6.52. The van der Waals surface area contributed by atoms with E-state index >= 15 is 0 Å². The fraction of sp³-hybridized carbons (Fsp3) is 0.412. The van der Waals surface area contributed by atoms with E-state index in [1.807, 2.05) is 30.3 Å². The lowest BCUT2D eigenvalue weighted by Crippen LogP contribution is -2.47. The minimum atomic E-state index is -0.853. The summed E-state index contributed by atoms with van der Waals surface area (Å²) in [6, 6.07) is 9.60. The quantitative estimate of drug-likeness (QED) is 0.819. The molecule has 1 N–H and O–H groups in total. The first-order valence-corrected chi connectivity index (χ1v) is 8.53. The van der Waals surface area contributed by atoms with Gasteiger partial charge in [0.05, 0.1) is 12.5 Å². The van der Waals surface area contributed by atoms with Crippen molar-refractivity contribution in [3.63, 3.8) is 0 Å². The van der Waals surface area contributed by atoms with Gasteiger partial charge in [-0.2, -0.15) is 11.8 Å². The Morgan fingerprint density at radius 3 is 2.77 bits per heavy atom. The number of aliphatic carboxylic acids is 1. The first-order chi connectivity index (χ1) is 10.6. The number of benzene rings is 1. The minimum absolute atomic E-state index is 0.0142. The van der Waals surface area contributed by atoms with Crippen molar-refractivity contribution >= 4 is 23.6 Å². The number of carbonyl (C=O) groups is 2. The Morgan fingerprint density at radius 1 is 1.41 bits per heavy atom. The van der Waals surface area contributed by atoms with E-state index in [1.165, 1.54) is 0 Å². The normalized spacial score (nSPS) is 19.5. The third-order valence-corrected chi connectivity index (χ3v) is 4.96. The van der Waals surface area contributed by atoms with Gasteiger partial charge < -0.3 is 10.0 Å². The van der Waals surface area contributed by atoms with Crippen LogP contribution in [0.15, 0.2) is 43.0 Å². The summed E-state index contributed by atoms with van der Waals surface area (Å²) in [6.45, 7) is 4.46. The Morgan fingerprint density at radius 2 is 2.14 bits per heavy atom. The molecule has 1 fully saturated rings. The summed E-state index contributed by atoms with van der Waals surface area (Å²) < 4.78 is 0. The van der Waals surface area contributed by atoms with Gasteiger partial charge in [-0.15, -0.1) is 6.58 Å². The van der Waals surface area contributed by atoms with Crippen LogP contribution in [0.4, 0.5) is 0 Å². The van der Waals surface area contributed by atoms with Crippen molar-refractivity contribution in [3.05, 3.63) is 48.6 Å². The highest BCUT2D eigenvalue weighted by molar-refractivity contribution is 7.99. The maximum atomic E-state index is 12.6. The van der Waals surface area contributed by atoms with E-state index in [0.717, 1.165) is 11.3 Å². The number of carboxylic acids is 1. The predicted octanol–water partition coefficient (Wildman–Crippen LogP) is 2.77. The van der Waals surface area contributed by atoms with Crippen LogP contribution >= 0.6 is 11.8 Å². The molecule has 4 nitrogen and oxygen atoms in total. The molecule has 1 amide bonds. The molecule has 22 heavy (non-hydrogen) atoms. The van der Waals surface area contributed by atoms with E-state index < -0.39 is 5.97 Å². The average molecular weight is 319 g/mol. The molecule has 1 aliphatic heterocycles. The number of hydrogen-bond donors (Lipinski definition) is 1.